The summed E-state index contributed by atoms with van der Waals surface area (Å²) in [5, 5.41) is 7.37. The van der Waals surface area contributed by atoms with Crippen molar-refractivity contribution in [2.75, 3.05) is 11.6 Å². The Morgan fingerprint density at radius 3 is 2.50 bits per heavy atom. The number of nitrogens with zero attached hydrogens (tertiary/aromatic N) is 2. The second-order valence-corrected chi connectivity index (χ2v) is 6.15. The van der Waals surface area contributed by atoms with Gasteiger partial charge in [0.05, 0.1) is 20.6 Å². The summed E-state index contributed by atoms with van der Waals surface area (Å²) < 4.78 is 0.803. The van der Waals surface area contributed by atoms with E-state index in [9.17, 15) is 0 Å². The number of anilines is 1. The molecule has 1 aliphatic rings. The van der Waals surface area contributed by atoms with Crippen molar-refractivity contribution in [1.82, 2.24) is 0 Å². The smallest absolute Gasteiger partial charge is 0.0935 e. The SMILES string of the molecule is Clc1ccc(N2CCC(c3ccc(Cl)s3)=N2)cc1. The van der Waals surface area contributed by atoms with Crippen LogP contribution in [0, 0.1) is 0 Å². The molecule has 0 bridgehead atoms. The van der Waals surface area contributed by atoms with Crippen molar-refractivity contribution in [3.8, 4) is 0 Å². The second kappa shape index (κ2) is 4.92. The minimum atomic E-state index is 0.743. The van der Waals surface area contributed by atoms with Gasteiger partial charge in [-0.1, -0.05) is 23.2 Å². The first-order valence-corrected chi connectivity index (χ1v) is 7.16. The molecule has 0 amide bonds. The molecule has 0 spiro atoms. The number of hydrazone groups is 1. The third kappa shape index (κ3) is 2.39. The average molecular weight is 297 g/mol. The molecule has 2 heterocycles. The lowest BCUT2D eigenvalue weighted by molar-refractivity contribution is 0.922. The summed E-state index contributed by atoms with van der Waals surface area (Å²) in [5.74, 6) is 0. The Hall–Kier alpha value is -1.03. The second-order valence-electron chi connectivity index (χ2n) is 4.00. The van der Waals surface area contributed by atoms with Crippen LogP contribution < -0.4 is 5.01 Å². The zero-order valence-corrected chi connectivity index (χ0v) is 11.8. The fourth-order valence-corrected chi connectivity index (χ4v) is 3.08. The van der Waals surface area contributed by atoms with Gasteiger partial charge in [0.1, 0.15) is 0 Å². The normalized spacial score (nSPS) is 15.0. The van der Waals surface area contributed by atoms with Crippen molar-refractivity contribution in [1.29, 1.82) is 0 Å². The van der Waals surface area contributed by atoms with E-state index in [1.165, 1.54) is 0 Å². The molecule has 0 aliphatic carbocycles. The van der Waals surface area contributed by atoms with Gasteiger partial charge < -0.3 is 0 Å². The van der Waals surface area contributed by atoms with Crippen molar-refractivity contribution in [3.05, 3.63) is 50.6 Å². The first-order valence-electron chi connectivity index (χ1n) is 5.59. The van der Waals surface area contributed by atoms with E-state index < -0.39 is 0 Å². The number of hydrogen-bond donors (Lipinski definition) is 0. The third-order valence-electron chi connectivity index (χ3n) is 2.78. The van der Waals surface area contributed by atoms with Crippen LogP contribution in [-0.2, 0) is 0 Å². The fourth-order valence-electron chi connectivity index (χ4n) is 1.90. The van der Waals surface area contributed by atoms with Gasteiger partial charge in [0.2, 0.25) is 0 Å². The standard InChI is InChI=1S/C13H10Cl2N2S/c14-9-1-3-10(4-2-9)17-8-7-11(16-17)12-5-6-13(15)18-12/h1-6H,7-8H2. The summed E-state index contributed by atoms with van der Waals surface area (Å²) in [6.45, 7) is 0.895. The van der Waals surface area contributed by atoms with E-state index in [1.807, 2.05) is 41.4 Å². The molecule has 0 atom stereocenters. The molecule has 2 aromatic rings. The van der Waals surface area contributed by atoms with Crippen molar-refractivity contribution in [3.63, 3.8) is 0 Å². The van der Waals surface area contributed by atoms with E-state index in [1.54, 1.807) is 11.3 Å². The van der Waals surface area contributed by atoms with Crippen molar-refractivity contribution < 1.29 is 0 Å². The molecule has 92 valence electrons. The Labute approximate surface area is 119 Å². The van der Waals surface area contributed by atoms with E-state index in [-0.39, 0.29) is 0 Å². The fraction of sp³-hybridized carbons (Fsp3) is 0.154. The molecule has 3 rings (SSSR count). The molecule has 1 aromatic heterocycles. The van der Waals surface area contributed by atoms with Crippen molar-refractivity contribution in [2.45, 2.75) is 6.42 Å². The van der Waals surface area contributed by atoms with Gasteiger partial charge in [0.25, 0.3) is 0 Å². The average Bonchev–Trinajstić information content (AvgIpc) is 2.98. The number of benzene rings is 1. The van der Waals surface area contributed by atoms with Gasteiger partial charge in [-0.2, -0.15) is 5.10 Å². The van der Waals surface area contributed by atoms with E-state index in [0.717, 1.165) is 38.6 Å². The maximum Gasteiger partial charge on any atom is 0.0935 e. The molecule has 5 heteroatoms. The van der Waals surface area contributed by atoms with Crippen LogP contribution in [0.1, 0.15) is 11.3 Å². The maximum absolute atomic E-state index is 5.94. The zero-order chi connectivity index (χ0) is 12.5. The minimum Gasteiger partial charge on any atom is -0.265 e. The first-order chi connectivity index (χ1) is 8.72. The van der Waals surface area contributed by atoms with Crippen LogP contribution in [0.15, 0.2) is 41.5 Å². The molecule has 0 N–H and O–H groups in total. The predicted octanol–water partition coefficient (Wildman–Crippen LogP) is 4.67. The monoisotopic (exact) mass is 296 g/mol. The molecule has 0 unspecified atom stereocenters. The first kappa shape index (κ1) is 12.0. The van der Waals surface area contributed by atoms with Crippen LogP contribution in [0.2, 0.25) is 9.36 Å². The molecule has 0 radical (unpaired) electrons. The molecule has 0 saturated heterocycles. The Balaban J connectivity index is 1.85. The predicted molar refractivity (Wildman–Crippen MR) is 79.3 cm³/mol. The highest BCUT2D eigenvalue weighted by Gasteiger charge is 2.18. The van der Waals surface area contributed by atoms with Crippen LogP contribution in [0.3, 0.4) is 0 Å². The van der Waals surface area contributed by atoms with Crippen molar-refractivity contribution >= 4 is 45.9 Å². The highest BCUT2D eigenvalue weighted by atomic mass is 35.5. The molecule has 2 nitrogen and oxygen atoms in total. The van der Waals surface area contributed by atoms with E-state index in [4.69, 9.17) is 23.2 Å². The minimum absolute atomic E-state index is 0.743. The number of hydrogen-bond acceptors (Lipinski definition) is 3. The maximum atomic E-state index is 5.94. The number of thiophene rings is 1. The van der Waals surface area contributed by atoms with Crippen LogP contribution in [0.25, 0.3) is 0 Å². The quantitative estimate of drug-likeness (QED) is 0.786. The van der Waals surface area contributed by atoms with E-state index >= 15 is 0 Å². The third-order valence-corrected chi connectivity index (χ3v) is 4.32. The molecule has 1 aromatic carbocycles. The molecular formula is C13H10Cl2N2S. The number of rotatable bonds is 2. The molecular weight excluding hydrogens is 287 g/mol. The van der Waals surface area contributed by atoms with E-state index in [2.05, 4.69) is 5.10 Å². The highest BCUT2D eigenvalue weighted by molar-refractivity contribution is 7.18. The lowest BCUT2D eigenvalue weighted by Gasteiger charge is -2.12. The van der Waals surface area contributed by atoms with Crippen LogP contribution in [0.5, 0.6) is 0 Å². The van der Waals surface area contributed by atoms with Crippen LogP contribution in [-0.4, -0.2) is 12.3 Å². The Morgan fingerprint density at radius 2 is 1.83 bits per heavy atom. The van der Waals surface area contributed by atoms with Gasteiger partial charge >= 0.3 is 0 Å². The topological polar surface area (TPSA) is 15.6 Å². The summed E-state index contributed by atoms with van der Waals surface area (Å²) in [4.78, 5) is 1.15. The summed E-state index contributed by atoms with van der Waals surface area (Å²) in [6.07, 6.45) is 0.944. The molecule has 0 fully saturated rings. The molecule has 18 heavy (non-hydrogen) atoms. The Bertz CT molecular complexity index is 589. The highest BCUT2D eigenvalue weighted by Crippen LogP contribution is 2.27. The molecule has 1 aliphatic heterocycles. The lowest BCUT2D eigenvalue weighted by atomic mass is 10.2. The number of halogens is 2. The Morgan fingerprint density at radius 1 is 1.06 bits per heavy atom. The zero-order valence-electron chi connectivity index (χ0n) is 9.44. The van der Waals surface area contributed by atoms with Gasteiger partial charge in [0, 0.05) is 18.0 Å². The van der Waals surface area contributed by atoms with Crippen LogP contribution >= 0.6 is 34.5 Å². The van der Waals surface area contributed by atoms with E-state index in [0.29, 0.717) is 0 Å². The lowest BCUT2D eigenvalue weighted by Crippen LogP contribution is -2.11. The van der Waals surface area contributed by atoms with Gasteiger partial charge in [-0.05, 0) is 36.4 Å². The summed E-state index contributed by atoms with van der Waals surface area (Å²) in [5.41, 5.74) is 2.17. The van der Waals surface area contributed by atoms with Gasteiger partial charge in [-0.3, -0.25) is 5.01 Å². The Kier molecular flexibility index (Phi) is 3.29. The summed E-state index contributed by atoms with van der Waals surface area (Å²) >= 11 is 13.4. The summed E-state index contributed by atoms with van der Waals surface area (Å²) in [7, 11) is 0. The largest absolute Gasteiger partial charge is 0.265 e. The van der Waals surface area contributed by atoms with Crippen molar-refractivity contribution in [2.24, 2.45) is 5.10 Å². The van der Waals surface area contributed by atoms with Gasteiger partial charge in [-0.15, -0.1) is 11.3 Å². The molecule has 0 saturated carbocycles. The van der Waals surface area contributed by atoms with Gasteiger partial charge in [-0.25, -0.2) is 0 Å². The van der Waals surface area contributed by atoms with Gasteiger partial charge in [0.15, 0.2) is 0 Å². The summed E-state index contributed by atoms with van der Waals surface area (Å²) in [6, 6.07) is 11.7. The van der Waals surface area contributed by atoms with Crippen LogP contribution in [0.4, 0.5) is 5.69 Å².